The van der Waals surface area contributed by atoms with Crippen molar-refractivity contribution >= 4 is 17.9 Å². The maximum absolute atomic E-state index is 13.0. The Labute approximate surface area is 517 Å². The van der Waals surface area contributed by atoms with Crippen LogP contribution in [0.4, 0.5) is 0 Å². The first kappa shape index (κ1) is 80.1. The summed E-state index contributed by atoms with van der Waals surface area (Å²) in [5, 5.41) is 0. The Morgan fingerprint density at radius 2 is 0.434 bits per heavy atom. The lowest BCUT2D eigenvalue weighted by molar-refractivity contribution is -0.167. The fraction of sp³-hybridized carbons (Fsp3) is 0.831. The van der Waals surface area contributed by atoms with E-state index in [0.29, 0.717) is 19.3 Å². The molecule has 0 heterocycles. The second-order valence-corrected chi connectivity index (χ2v) is 24.8. The summed E-state index contributed by atoms with van der Waals surface area (Å²) in [5.41, 5.74) is 0. The Kier molecular flexibility index (Phi) is 69.1. The fourth-order valence-corrected chi connectivity index (χ4v) is 10.9. The van der Waals surface area contributed by atoms with E-state index in [0.717, 1.165) is 70.6 Å². The van der Waals surface area contributed by atoms with E-state index in [1.807, 2.05) is 0 Å². The van der Waals surface area contributed by atoms with Crippen molar-refractivity contribution in [3.8, 4) is 0 Å². The molecule has 0 saturated heterocycles. The third-order valence-electron chi connectivity index (χ3n) is 16.5. The van der Waals surface area contributed by atoms with Crippen molar-refractivity contribution in [1.82, 2.24) is 0 Å². The van der Waals surface area contributed by atoms with Gasteiger partial charge in [-0.1, -0.05) is 326 Å². The highest BCUT2D eigenvalue weighted by Gasteiger charge is 2.19. The second kappa shape index (κ2) is 71.6. The fourth-order valence-electron chi connectivity index (χ4n) is 10.9. The Morgan fingerprint density at radius 1 is 0.241 bits per heavy atom. The molecule has 0 aromatic carbocycles. The smallest absolute Gasteiger partial charge is 0.306 e. The number of carbonyl (C=O) groups is 3. The molecular formula is C77H140O6. The van der Waals surface area contributed by atoms with E-state index in [2.05, 4.69) is 81.5 Å². The molecule has 0 saturated carbocycles. The van der Waals surface area contributed by atoms with E-state index < -0.39 is 6.10 Å². The Hall–Kier alpha value is -2.89. The molecule has 0 N–H and O–H groups in total. The molecule has 0 aromatic rings. The minimum atomic E-state index is -0.780. The van der Waals surface area contributed by atoms with Crippen molar-refractivity contribution < 1.29 is 28.6 Å². The lowest BCUT2D eigenvalue weighted by Gasteiger charge is -2.18. The Balaban J connectivity index is 4.29. The molecule has 0 aliphatic carbocycles. The first-order valence-electron chi connectivity index (χ1n) is 36.8. The summed E-state index contributed by atoms with van der Waals surface area (Å²) in [6.07, 6.45) is 92.5. The normalized spacial score (nSPS) is 12.4. The molecule has 83 heavy (non-hydrogen) atoms. The van der Waals surface area contributed by atoms with Crippen LogP contribution in [0.15, 0.2) is 60.8 Å². The number of allylic oxidation sites excluding steroid dienone is 10. The number of hydrogen-bond donors (Lipinski definition) is 0. The van der Waals surface area contributed by atoms with Crippen molar-refractivity contribution in [3.63, 3.8) is 0 Å². The minimum Gasteiger partial charge on any atom is -0.462 e. The summed E-state index contributed by atoms with van der Waals surface area (Å²) in [4.78, 5) is 38.5. The number of hydrogen-bond acceptors (Lipinski definition) is 6. The zero-order valence-corrected chi connectivity index (χ0v) is 55.7. The summed E-state index contributed by atoms with van der Waals surface area (Å²) in [7, 11) is 0. The third kappa shape index (κ3) is 69.8. The molecule has 0 bridgehead atoms. The summed E-state index contributed by atoms with van der Waals surface area (Å²) in [6, 6.07) is 0. The number of esters is 3. The molecule has 0 amide bonds. The van der Waals surface area contributed by atoms with Crippen LogP contribution < -0.4 is 0 Å². The van der Waals surface area contributed by atoms with E-state index in [-0.39, 0.29) is 31.1 Å². The van der Waals surface area contributed by atoms with Gasteiger partial charge in [-0.3, -0.25) is 14.4 Å². The summed E-state index contributed by atoms with van der Waals surface area (Å²) >= 11 is 0. The molecule has 6 nitrogen and oxygen atoms in total. The number of unbranched alkanes of at least 4 members (excludes halogenated alkanes) is 47. The zero-order chi connectivity index (χ0) is 59.9. The molecule has 484 valence electrons. The number of ether oxygens (including phenoxy) is 3. The van der Waals surface area contributed by atoms with Gasteiger partial charge < -0.3 is 14.2 Å². The standard InChI is InChI=1S/C77H140O6/c1-4-7-10-13-16-19-22-25-28-31-34-35-36-37-38-39-40-41-44-46-49-52-55-58-61-64-67-70-76(79)82-73-74(83-77(80)71-68-65-62-59-56-53-50-47-43-33-30-27-24-21-18-15-12-9-6-3)72-81-75(78)69-66-63-60-57-54-51-48-45-42-32-29-26-23-20-17-14-11-8-5-2/h17-18,20-21,26-27,29-31,34,74H,4-16,19,22-25,28,32-33,35-73H2,1-3H3/b20-17-,21-18-,29-26-,30-27-,34-31-. The minimum absolute atomic E-state index is 0.0739. The van der Waals surface area contributed by atoms with Gasteiger partial charge in [0.05, 0.1) is 0 Å². The molecule has 0 fully saturated rings. The van der Waals surface area contributed by atoms with E-state index in [9.17, 15) is 14.4 Å². The first-order valence-corrected chi connectivity index (χ1v) is 36.8. The molecular weight excluding hydrogens is 1020 g/mol. The number of carbonyl (C=O) groups excluding carboxylic acids is 3. The Morgan fingerprint density at radius 3 is 0.699 bits per heavy atom. The molecule has 1 atom stereocenters. The SMILES string of the molecule is CCCCC/C=C\C/C=C\CCCCCCCCCCCC(=O)OCC(COC(=O)CCCCCCCCCCCCCCCCC/C=C\CCCCCCCCCC)OC(=O)CCCCCCCCCCC/C=C\C/C=C\CCCCC. The van der Waals surface area contributed by atoms with Gasteiger partial charge in [0, 0.05) is 19.3 Å². The van der Waals surface area contributed by atoms with Crippen LogP contribution in [0.25, 0.3) is 0 Å². The van der Waals surface area contributed by atoms with E-state index in [4.69, 9.17) is 14.2 Å². The van der Waals surface area contributed by atoms with Crippen molar-refractivity contribution in [3.05, 3.63) is 60.8 Å². The van der Waals surface area contributed by atoms with Crippen LogP contribution in [-0.4, -0.2) is 37.2 Å². The van der Waals surface area contributed by atoms with Gasteiger partial charge in [-0.2, -0.15) is 0 Å². The molecule has 0 radical (unpaired) electrons. The quantitative estimate of drug-likeness (QED) is 0.0261. The lowest BCUT2D eigenvalue weighted by atomic mass is 10.0. The van der Waals surface area contributed by atoms with E-state index in [1.54, 1.807) is 0 Å². The van der Waals surface area contributed by atoms with Gasteiger partial charge in [-0.05, 0) is 109 Å². The van der Waals surface area contributed by atoms with Crippen molar-refractivity contribution in [2.75, 3.05) is 13.2 Å². The van der Waals surface area contributed by atoms with Gasteiger partial charge in [0.25, 0.3) is 0 Å². The third-order valence-corrected chi connectivity index (χ3v) is 16.5. The van der Waals surface area contributed by atoms with E-state index in [1.165, 1.54) is 283 Å². The van der Waals surface area contributed by atoms with Crippen LogP contribution >= 0.6 is 0 Å². The van der Waals surface area contributed by atoms with Gasteiger partial charge in [0.15, 0.2) is 6.10 Å². The highest BCUT2D eigenvalue weighted by Crippen LogP contribution is 2.18. The molecule has 0 aliphatic rings. The monoisotopic (exact) mass is 1160 g/mol. The molecule has 6 heteroatoms. The van der Waals surface area contributed by atoms with Gasteiger partial charge in [0.2, 0.25) is 0 Å². The highest BCUT2D eigenvalue weighted by molar-refractivity contribution is 5.71. The predicted octanol–water partition coefficient (Wildman–Crippen LogP) is 25.5. The maximum Gasteiger partial charge on any atom is 0.306 e. The van der Waals surface area contributed by atoms with Crippen molar-refractivity contribution in [2.24, 2.45) is 0 Å². The summed E-state index contributed by atoms with van der Waals surface area (Å²) < 4.78 is 17.0. The average Bonchev–Trinajstić information content (AvgIpc) is 3.50. The van der Waals surface area contributed by atoms with Gasteiger partial charge in [-0.25, -0.2) is 0 Å². The lowest BCUT2D eigenvalue weighted by Crippen LogP contribution is -2.30. The second-order valence-electron chi connectivity index (χ2n) is 24.8. The van der Waals surface area contributed by atoms with Gasteiger partial charge in [0.1, 0.15) is 13.2 Å². The van der Waals surface area contributed by atoms with Crippen LogP contribution in [-0.2, 0) is 28.6 Å². The summed E-state index contributed by atoms with van der Waals surface area (Å²) in [6.45, 7) is 6.65. The molecule has 1 unspecified atom stereocenters. The van der Waals surface area contributed by atoms with Gasteiger partial charge in [-0.15, -0.1) is 0 Å². The Bertz CT molecular complexity index is 1470. The van der Waals surface area contributed by atoms with Crippen LogP contribution in [0.2, 0.25) is 0 Å². The van der Waals surface area contributed by atoms with E-state index >= 15 is 0 Å². The maximum atomic E-state index is 13.0. The highest BCUT2D eigenvalue weighted by atomic mass is 16.6. The van der Waals surface area contributed by atoms with Crippen LogP contribution in [0.1, 0.15) is 393 Å². The van der Waals surface area contributed by atoms with Crippen LogP contribution in [0, 0.1) is 0 Å². The predicted molar refractivity (Wildman–Crippen MR) is 362 cm³/mol. The van der Waals surface area contributed by atoms with Crippen LogP contribution in [0.5, 0.6) is 0 Å². The molecule has 0 aliphatic heterocycles. The zero-order valence-electron chi connectivity index (χ0n) is 55.7. The molecule has 0 spiro atoms. The number of rotatable bonds is 68. The first-order chi connectivity index (χ1) is 41.0. The average molecular weight is 1160 g/mol. The van der Waals surface area contributed by atoms with Crippen molar-refractivity contribution in [2.45, 2.75) is 399 Å². The summed E-state index contributed by atoms with van der Waals surface area (Å²) in [5.74, 6) is -0.857. The van der Waals surface area contributed by atoms with Gasteiger partial charge >= 0.3 is 17.9 Å². The molecule has 0 aromatic heterocycles. The van der Waals surface area contributed by atoms with Crippen molar-refractivity contribution in [1.29, 1.82) is 0 Å². The molecule has 0 rings (SSSR count). The largest absolute Gasteiger partial charge is 0.462 e. The topological polar surface area (TPSA) is 78.9 Å². The van der Waals surface area contributed by atoms with Crippen LogP contribution in [0.3, 0.4) is 0 Å².